The van der Waals surface area contributed by atoms with Gasteiger partial charge in [0.2, 0.25) is 5.91 Å². The smallest absolute Gasteiger partial charge is 0.325 e. The van der Waals surface area contributed by atoms with Gasteiger partial charge in [-0.15, -0.1) is 0 Å². The standard InChI is InChI=1S/C26H31N3O5/c1-17(19-10-11-19)28(15-18-8-6-5-7-9-18)23(30)16-29-24(31)26(2,27-25(29)32)20-12-13-21(33-3)22(14-20)34-4/h5-9,12-14,17,19H,10-11,15-16H2,1-4H3,(H,27,32). The molecule has 1 heterocycles. The Bertz CT molecular complexity index is 1090. The monoisotopic (exact) mass is 465 g/mol. The van der Waals surface area contributed by atoms with Crippen LogP contribution in [0.1, 0.15) is 37.8 Å². The average Bonchev–Trinajstić information content (AvgIpc) is 3.67. The molecule has 2 aromatic carbocycles. The van der Waals surface area contributed by atoms with Crippen LogP contribution in [0.4, 0.5) is 4.79 Å². The summed E-state index contributed by atoms with van der Waals surface area (Å²) in [4.78, 5) is 42.5. The van der Waals surface area contributed by atoms with E-state index < -0.39 is 17.5 Å². The number of nitrogens with one attached hydrogen (secondary N) is 1. The topological polar surface area (TPSA) is 88.2 Å². The van der Waals surface area contributed by atoms with Crippen molar-refractivity contribution in [1.29, 1.82) is 0 Å². The van der Waals surface area contributed by atoms with Gasteiger partial charge < -0.3 is 19.7 Å². The van der Waals surface area contributed by atoms with Crippen molar-refractivity contribution in [3.05, 3.63) is 59.7 Å². The molecule has 34 heavy (non-hydrogen) atoms. The number of amides is 4. The van der Waals surface area contributed by atoms with Gasteiger partial charge in [-0.05, 0) is 55.9 Å². The van der Waals surface area contributed by atoms with E-state index in [4.69, 9.17) is 9.47 Å². The number of imide groups is 1. The van der Waals surface area contributed by atoms with Gasteiger partial charge in [-0.25, -0.2) is 4.79 Å². The van der Waals surface area contributed by atoms with Crippen molar-refractivity contribution in [2.75, 3.05) is 20.8 Å². The molecule has 4 rings (SSSR count). The van der Waals surface area contributed by atoms with Crippen molar-refractivity contribution in [2.24, 2.45) is 5.92 Å². The summed E-state index contributed by atoms with van der Waals surface area (Å²) in [5, 5.41) is 2.76. The van der Waals surface area contributed by atoms with E-state index in [1.54, 1.807) is 30.0 Å². The lowest BCUT2D eigenvalue weighted by molar-refractivity contribution is -0.140. The summed E-state index contributed by atoms with van der Waals surface area (Å²) in [5.41, 5.74) is 0.241. The molecule has 180 valence electrons. The number of carbonyl (C=O) groups excluding carboxylic acids is 3. The minimum atomic E-state index is -1.32. The van der Waals surface area contributed by atoms with Crippen molar-refractivity contribution in [3.63, 3.8) is 0 Å². The highest BCUT2D eigenvalue weighted by molar-refractivity contribution is 6.09. The normalized spacial score (nSPS) is 20.6. The van der Waals surface area contributed by atoms with Crippen molar-refractivity contribution < 1.29 is 23.9 Å². The van der Waals surface area contributed by atoms with Gasteiger partial charge in [0.15, 0.2) is 11.5 Å². The van der Waals surface area contributed by atoms with Gasteiger partial charge in [0.1, 0.15) is 12.1 Å². The fourth-order valence-corrected chi connectivity index (χ4v) is 4.48. The number of nitrogens with zero attached hydrogens (tertiary/aromatic N) is 2. The van der Waals surface area contributed by atoms with Crippen molar-refractivity contribution in [3.8, 4) is 11.5 Å². The molecule has 1 aliphatic carbocycles. The van der Waals surface area contributed by atoms with Gasteiger partial charge in [0.25, 0.3) is 5.91 Å². The molecule has 1 saturated heterocycles. The van der Waals surface area contributed by atoms with Gasteiger partial charge in [0, 0.05) is 12.6 Å². The molecule has 2 aromatic rings. The number of urea groups is 1. The van der Waals surface area contributed by atoms with E-state index >= 15 is 0 Å². The van der Waals surface area contributed by atoms with Gasteiger partial charge in [0.05, 0.1) is 14.2 Å². The van der Waals surface area contributed by atoms with E-state index in [-0.39, 0.29) is 18.5 Å². The predicted octanol–water partition coefficient (Wildman–Crippen LogP) is 3.30. The van der Waals surface area contributed by atoms with Crippen LogP contribution in [-0.4, -0.2) is 54.5 Å². The molecule has 1 N–H and O–H groups in total. The lowest BCUT2D eigenvalue weighted by Gasteiger charge is -2.31. The Balaban J connectivity index is 1.55. The zero-order valence-corrected chi connectivity index (χ0v) is 20.0. The Labute approximate surface area is 199 Å². The van der Waals surface area contributed by atoms with Crippen LogP contribution in [-0.2, 0) is 21.7 Å². The van der Waals surface area contributed by atoms with Crippen molar-refractivity contribution in [2.45, 2.75) is 44.8 Å². The molecular weight excluding hydrogens is 434 g/mol. The van der Waals surface area contributed by atoms with Crippen molar-refractivity contribution >= 4 is 17.8 Å². The largest absolute Gasteiger partial charge is 0.493 e. The number of rotatable bonds is 9. The van der Waals surface area contributed by atoms with Crippen LogP contribution in [0.5, 0.6) is 11.5 Å². The van der Waals surface area contributed by atoms with E-state index in [0.29, 0.717) is 29.5 Å². The minimum Gasteiger partial charge on any atom is -0.493 e. The third-order valence-electron chi connectivity index (χ3n) is 6.84. The third-order valence-corrected chi connectivity index (χ3v) is 6.84. The zero-order valence-electron chi connectivity index (χ0n) is 20.0. The maximum absolute atomic E-state index is 13.4. The summed E-state index contributed by atoms with van der Waals surface area (Å²) >= 11 is 0. The minimum absolute atomic E-state index is 0.0331. The molecule has 1 aliphatic heterocycles. The summed E-state index contributed by atoms with van der Waals surface area (Å²) in [5.74, 6) is 0.697. The first kappa shape index (κ1) is 23.6. The fourth-order valence-electron chi connectivity index (χ4n) is 4.48. The Morgan fingerprint density at radius 3 is 2.41 bits per heavy atom. The highest BCUT2D eigenvalue weighted by atomic mass is 16.5. The average molecular weight is 466 g/mol. The fraction of sp³-hybridized carbons (Fsp3) is 0.423. The lowest BCUT2D eigenvalue weighted by atomic mass is 9.91. The SMILES string of the molecule is COc1ccc(C2(C)NC(=O)N(CC(=O)N(Cc3ccccc3)C(C)C3CC3)C2=O)cc1OC. The first-order chi connectivity index (χ1) is 16.3. The highest BCUT2D eigenvalue weighted by Crippen LogP contribution is 2.37. The molecule has 8 heteroatoms. The maximum Gasteiger partial charge on any atom is 0.325 e. The number of carbonyl (C=O) groups is 3. The molecule has 2 aliphatic rings. The van der Waals surface area contributed by atoms with Crippen LogP contribution in [0, 0.1) is 5.92 Å². The molecule has 1 saturated carbocycles. The molecule has 0 aromatic heterocycles. The Hall–Kier alpha value is -3.55. The summed E-state index contributed by atoms with van der Waals surface area (Å²) in [6.45, 7) is 3.80. The first-order valence-corrected chi connectivity index (χ1v) is 11.5. The second-order valence-electron chi connectivity index (χ2n) is 9.10. The summed E-state index contributed by atoms with van der Waals surface area (Å²) in [7, 11) is 3.03. The molecule has 0 bridgehead atoms. The Kier molecular flexibility index (Phi) is 6.50. The molecule has 2 fully saturated rings. The number of ether oxygens (including phenoxy) is 2. The van der Waals surface area contributed by atoms with E-state index in [9.17, 15) is 14.4 Å². The lowest BCUT2D eigenvalue weighted by Crippen LogP contribution is -2.47. The third kappa shape index (κ3) is 4.44. The predicted molar refractivity (Wildman–Crippen MR) is 126 cm³/mol. The number of benzene rings is 2. The van der Waals surface area contributed by atoms with E-state index in [2.05, 4.69) is 5.32 Å². The summed E-state index contributed by atoms with van der Waals surface area (Å²) < 4.78 is 10.6. The molecule has 0 radical (unpaired) electrons. The highest BCUT2D eigenvalue weighted by Gasteiger charge is 2.50. The summed E-state index contributed by atoms with van der Waals surface area (Å²) in [6.07, 6.45) is 2.17. The quantitative estimate of drug-likeness (QED) is 0.574. The Morgan fingerprint density at radius 2 is 1.79 bits per heavy atom. The van der Waals surface area contributed by atoms with Crippen LogP contribution in [0.3, 0.4) is 0 Å². The van der Waals surface area contributed by atoms with E-state index in [0.717, 1.165) is 23.3 Å². The molecule has 4 amide bonds. The number of hydrogen-bond donors (Lipinski definition) is 1. The van der Waals surface area contributed by atoms with Crippen molar-refractivity contribution in [1.82, 2.24) is 15.1 Å². The van der Waals surface area contributed by atoms with Crippen LogP contribution >= 0.6 is 0 Å². The molecule has 0 spiro atoms. The van der Waals surface area contributed by atoms with Crippen LogP contribution in [0.25, 0.3) is 0 Å². The molecule has 8 nitrogen and oxygen atoms in total. The van der Waals surface area contributed by atoms with Gasteiger partial charge in [-0.2, -0.15) is 0 Å². The zero-order chi connectivity index (χ0) is 24.5. The van der Waals surface area contributed by atoms with Gasteiger partial charge >= 0.3 is 6.03 Å². The Morgan fingerprint density at radius 1 is 1.12 bits per heavy atom. The number of methoxy groups -OCH3 is 2. The van der Waals surface area contributed by atoms with Crippen LogP contribution in [0.15, 0.2) is 48.5 Å². The van der Waals surface area contributed by atoms with Gasteiger partial charge in [-0.3, -0.25) is 14.5 Å². The second kappa shape index (κ2) is 9.37. The van der Waals surface area contributed by atoms with E-state index in [1.807, 2.05) is 37.3 Å². The molecule has 2 atom stereocenters. The summed E-state index contributed by atoms with van der Waals surface area (Å²) in [6, 6.07) is 14.3. The van der Waals surface area contributed by atoms with Crippen LogP contribution < -0.4 is 14.8 Å². The van der Waals surface area contributed by atoms with Crippen LogP contribution in [0.2, 0.25) is 0 Å². The molecule has 2 unspecified atom stereocenters. The van der Waals surface area contributed by atoms with Gasteiger partial charge in [-0.1, -0.05) is 36.4 Å². The second-order valence-corrected chi connectivity index (χ2v) is 9.10. The first-order valence-electron chi connectivity index (χ1n) is 11.5. The number of hydrogen-bond acceptors (Lipinski definition) is 5. The maximum atomic E-state index is 13.4. The van der Waals surface area contributed by atoms with E-state index in [1.165, 1.54) is 14.2 Å². The molecular formula is C26H31N3O5.